The third-order valence-corrected chi connectivity index (χ3v) is 7.47. The summed E-state index contributed by atoms with van der Waals surface area (Å²) in [7, 11) is 0. The predicted octanol–water partition coefficient (Wildman–Crippen LogP) is 3.65. The van der Waals surface area contributed by atoms with Gasteiger partial charge >= 0.3 is 12.2 Å². The molecule has 6 rings (SSSR count). The summed E-state index contributed by atoms with van der Waals surface area (Å²) < 4.78 is 23.9. The number of carbonyl (C=O) groups excluding carboxylic acids is 2. The van der Waals surface area contributed by atoms with E-state index in [2.05, 4.69) is 40.9 Å². The second-order valence-electron chi connectivity index (χ2n) is 13.7. The number of amides is 2. The molecule has 0 unspecified atom stereocenters. The van der Waals surface area contributed by atoms with Crippen molar-refractivity contribution in [2.75, 3.05) is 26.2 Å². The van der Waals surface area contributed by atoms with Crippen LogP contribution in [0.4, 0.5) is 9.59 Å². The highest BCUT2D eigenvalue weighted by atomic mass is 16.6. The fraction of sp³-hybridized carbons (Fsp3) is 0.667. The Morgan fingerprint density at radius 3 is 1.58 bits per heavy atom. The summed E-state index contributed by atoms with van der Waals surface area (Å²) in [6, 6.07) is 0. The Hall–Kier alpha value is -4.90. The number of hydrogen-bond acceptors (Lipinski definition) is 14. The van der Waals surface area contributed by atoms with Gasteiger partial charge in [-0.25, -0.2) is 14.3 Å². The average molecular weight is 669 g/mol. The molecule has 0 saturated carbocycles. The molecule has 2 saturated heterocycles. The molecule has 18 heteroatoms. The van der Waals surface area contributed by atoms with Gasteiger partial charge in [-0.15, -0.1) is 25.5 Å². The minimum Gasteiger partial charge on any atom is -0.444 e. The maximum Gasteiger partial charge on any atom is 0.410 e. The van der Waals surface area contributed by atoms with Gasteiger partial charge in [0.1, 0.15) is 24.3 Å². The van der Waals surface area contributed by atoms with E-state index < -0.39 is 11.2 Å². The van der Waals surface area contributed by atoms with Crippen molar-refractivity contribution in [2.24, 2.45) is 0 Å². The Balaban J connectivity index is 0.000000188. The molecule has 0 aliphatic carbocycles. The Morgan fingerprint density at radius 1 is 0.708 bits per heavy atom. The first-order valence-corrected chi connectivity index (χ1v) is 16.1. The van der Waals surface area contributed by atoms with Crippen LogP contribution in [0.15, 0.2) is 33.6 Å². The lowest BCUT2D eigenvalue weighted by Crippen LogP contribution is -2.41. The van der Waals surface area contributed by atoms with Crippen LogP contribution in [0.5, 0.6) is 0 Å². The summed E-state index contributed by atoms with van der Waals surface area (Å²) in [6.45, 7) is 14.5. The van der Waals surface area contributed by atoms with Crippen molar-refractivity contribution < 1.29 is 27.9 Å². The molecule has 2 fully saturated rings. The normalized spacial score (nSPS) is 16.4. The van der Waals surface area contributed by atoms with Gasteiger partial charge in [0.05, 0.1) is 18.6 Å². The van der Waals surface area contributed by atoms with Crippen molar-refractivity contribution in [1.82, 2.24) is 60.2 Å². The van der Waals surface area contributed by atoms with Crippen molar-refractivity contribution >= 4 is 12.2 Å². The van der Waals surface area contributed by atoms with Gasteiger partial charge in [-0.05, 0) is 67.2 Å². The lowest BCUT2D eigenvalue weighted by Gasteiger charge is -2.32. The maximum absolute atomic E-state index is 12.1. The van der Waals surface area contributed by atoms with Gasteiger partial charge in [0.25, 0.3) is 0 Å². The van der Waals surface area contributed by atoms with Crippen LogP contribution in [0.2, 0.25) is 0 Å². The van der Waals surface area contributed by atoms with Crippen LogP contribution in [0.1, 0.15) is 103 Å². The molecular weight excluding hydrogens is 624 g/mol. The average Bonchev–Trinajstić information content (AvgIpc) is 3.86. The van der Waals surface area contributed by atoms with Gasteiger partial charge in [0.2, 0.25) is 23.6 Å². The molecule has 2 amide bonds. The highest BCUT2D eigenvalue weighted by molar-refractivity contribution is 5.68. The van der Waals surface area contributed by atoms with Crippen molar-refractivity contribution in [2.45, 2.75) is 103 Å². The number of ether oxygens (including phenoxy) is 2. The summed E-state index contributed by atoms with van der Waals surface area (Å²) in [5, 5.41) is 32.0. The number of aromatic nitrogens is 10. The number of nitrogens with zero attached hydrogens (tertiary/aromatic N) is 12. The Bertz CT molecular complexity index is 1450. The Labute approximate surface area is 278 Å². The van der Waals surface area contributed by atoms with Gasteiger partial charge in [0.15, 0.2) is 0 Å². The molecule has 0 atom stereocenters. The number of hydrogen-bond donors (Lipinski definition) is 0. The molecule has 2 aliphatic rings. The highest BCUT2D eigenvalue weighted by Crippen LogP contribution is 2.29. The van der Waals surface area contributed by atoms with Crippen LogP contribution in [-0.4, -0.2) is 110 Å². The third kappa shape index (κ3) is 10.0. The van der Waals surface area contributed by atoms with Crippen molar-refractivity contribution in [1.29, 1.82) is 0 Å². The van der Waals surface area contributed by atoms with Crippen LogP contribution < -0.4 is 0 Å². The molecule has 18 nitrogen and oxygen atoms in total. The monoisotopic (exact) mass is 668 g/mol. The molecule has 0 N–H and O–H groups in total. The molecule has 0 aromatic carbocycles. The topological polar surface area (TPSA) is 198 Å². The van der Waals surface area contributed by atoms with Crippen molar-refractivity contribution in [3.63, 3.8) is 0 Å². The molecule has 260 valence electrons. The Morgan fingerprint density at radius 2 is 1.17 bits per heavy atom. The van der Waals surface area contributed by atoms with Crippen molar-refractivity contribution in [3.05, 3.63) is 48.4 Å². The third-order valence-electron chi connectivity index (χ3n) is 7.47. The molecule has 48 heavy (non-hydrogen) atoms. The van der Waals surface area contributed by atoms with E-state index in [1.165, 1.54) is 4.80 Å². The lowest BCUT2D eigenvalue weighted by molar-refractivity contribution is 0.0189. The zero-order valence-electron chi connectivity index (χ0n) is 28.4. The van der Waals surface area contributed by atoms with Crippen LogP contribution in [0.3, 0.4) is 0 Å². The first-order valence-electron chi connectivity index (χ1n) is 16.1. The van der Waals surface area contributed by atoms with E-state index in [9.17, 15) is 9.59 Å². The van der Waals surface area contributed by atoms with Crippen LogP contribution in [0, 0.1) is 0 Å². The number of piperidine rings is 2. The van der Waals surface area contributed by atoms with Gasteiger partial charge < -0.3 is 28.1 Å². The van der Waals surface area contributed by atoms with E-state index >= 15 is 0 Å². The summed E-state index contributed by atoms with van der Waals surface area (Å²) in [6.07, 6.45) is 9.13. The van der Waals surface area contributed by atoms with Crippen LogP contribution >= 0.6 is 0 Å². The van der Waals surface area contributed by atoms with E-state index in [1.54, 1.807) is 39.3 Å². The van der Waals surface area contributed by atoms with Gasteiger partial charge in [-0.3, -0.25) is 0 Å². The highest BCUT2D eigenvalue weighted by Gasteiger charge is 2.31. The molecule has 0 bridgehead atoms. The molecule has 6 heterocycles. The first kappa shape index (κ1) is 34.4. The molecule has 0 spiro atoms. The van der Waals surface area contributed by atoms with E-state index in [-0.39, 0.29) is 24.0 Å². The smallest absolute Gasteiger partial charge is 0.410 e. The van der Waals surface area contributed by atoms with E-state index in [0.717, 1.165) is 25.7 Å². The summed E-state index contributed by atoms with van der Waals surface area (Å²) in [5.74, 6) is 2.55. The van der Waals surface area contributed by atoms with Crippen LogP contribution in [0.25, 0.3) is 0 Å². The number of likely N-dealkylation sites (tertiary alicyclic amines) is 2. The summed E-state index contributed by atoms with van der Waals surface area (Å²) in [4.78, 5) is 29.1. The Kier molecular flexibility index (Phi) is 10.7. The van der Waals surface area contributed by atoms with E-state index in [4.69, 9.17) is 18.3 Å². The van der Waals surface area contributed by atoms with Crippen molar-refractivity contribution in [3.8, 4) is 0 Å². The molecular formula is C30H44N12O6. The number of carbonyl (C=O) groups is 2. The van der Waals surface area contributed by atoms with Crippen LogP contribution in [-0.2, 0) is 22.6 Å². The number of rotatable bonds is 6. The minimum absolute atomic E-state index is 0.163. The standard InChI is InChI=1S/2C15H22N6O3/c1-15(2,3)24-14(22)20-8-4-11(5-9-20)13-19-18-12(23-13)10-21-16-6-7-17-21;1-15(2,3)24-14(22)20-7-4-11(5-8-20)13-18-17-12(23-13)10-21-9-6-16-19-21/h6-7,11H,4-5,8-10H2,1-3H3;6,9,11H,4-5,7-8,10H2,1-3H3. The zero-order chi connectivity index (χ0) is 34.3. The maximum atomic E-state index is 12.1. The van der Waals surface area contributed by atoms with Gasteiger partial charge in [-0.1, -0.05) is 5.21 Å². The predicted molar refractivity (Wildman–Crippen MR) is 166 cm³/mol. The largest absolute Gasteiger partial charge is 0.444 e. The fourth-order valence-electron chi connectivity index (χ4n) is 5.16. The lowest BCUT2D eigenvalue weighted by atomic mass is 9.97. The SMILES string of the molecule is CC(C)(C)OC(=O)N1CCC(c2nnc(Cn3ccnn3)o2)CC1.CC(C)(C)OC(=O)N1CCC(c2nnc(Cn3nccn3)o2)CC1. The first-order chi connectivity index (χ1) is 22.8. The quantitative estimate of drug-likeness (QED) is 0.288. The summed E-state index contributed by atoms with van der Waals surface area (Å²) in [5.41, 5.74) is -0.952. The molecule has 4 aromatic rings. The molecule has 0 radical (unpaired) electrons. The molecule has 4 aromatic heterocycles. The second kappa shape index (κ2) is 14.9. The minimum atomic E-state index is -0.476. The van der Waals surface area contributed by atoms with E-state index in [1.807, 2.05) is 41.5 Å². The second-order valence-corrected chi connectivity index (χ2v) is 13.7. The van der Waals surface area contributed by atoms with E-state index in [0.29, 0.717) is 62.8 Å². The fourth-order valence-corrected chi connectivity index (χ4v) is 5.16. The zero-order valence-corrected chi connectivity index (χ0v) is 28.4. The van der Waals surface area contributed by atoms with Gasteiger partial charge in [0, 0.05) is 44.2 Å². The summed E-state index contributed by atoms with van der Waals surface area (Å²) >= 11 is 0. The molecule has 2 aliphatic heterocycles. The van der Waals surface area contributed by atoms with Gasteiger partial charge in [-0.2, -0.15) is 15.0 Å².